The Bertz CT molecular complexity index is 1200. The largest absolute Gasteiger partial charge is 0.455 e. The molecule has 0 amide bonds. The highest BCUT2D eigenvalue weighted by Gasteiger charge is 2.77. The first kappa shape index (κ1) is 28.2. The van der Waals surface area contributed by atoms with E-state index in [0.29, 0.717) is 5.57 Å². The number of carbonyl (C=O) groups is 2. The summed E-state index contributed by atoms with van der Waals surface area (Å²) in [4.78, 5) is 26.0. The van der Waals surface area contributed by atoms with Gasteiger partial charge in [-0.3, -0.25) is 4.79 Å². The van der Waals surface area contributed by atoms with Crippen LogP contribution in [0, 0.1) is 16.7 Å². The van der Waals surface area contributed by atoms with E-state index in [9.17, 15) is 35.1 Å². The Morgan fingerprint density at radius 3 is 2.26 bits per heavy atom. The van der Waals surface area contributed by atoms with Crippen LogP contribution in [-0.4, -0.2) is 91.9 Å². The molecule has 0 aromatic heterocycles. The summed E-state index contributed by atoms with van der Waals surface area (Å²) in [6.45, 7) is 7.57. The fraction of sp³-hybridized carbons (Fsp3) is 0.655. The molecule has 3 aliphatic carbocycles. The van der Waals surface area contributed by atoms with Crippen LogP contribution in [-0.2, 0) is 19.0 Å². The highest BCUT2D eigenvalue weighted by atomic mass is 16.6. The predicted octanol–water partition coefficient (Wildman–Crippen LogP) is 0.874. The third kappa shape index (κ3) is 3.69. The number of fused-ring (bicyclic) bond motifs is 5. The Labute approximate surface area is 227 Å². The van der Waals surface area contributed by atoms with E-state index in [1.54, 1.807) is 58.0 Å². The lowest BCUT2D eigenvalue weighted by Crippen LogP contribution is -2.82. The first-order valence-electron chi connectivity index (χ1n) is 13.4. The number of benzene rings is 1. The maximum Gasteiger partial charge on any atom is 0.338 e. The normalized spacial score (nSPS) is 44.6. The van der Waals surface area contributed by atoms with Crippen molar-refractivity contribution in [3.05, 3.63) is 47.0 Å². The van der Waals surface area contributed by atoms with Crippen LogP contribution in [0.3, 0.4) is 0 Å². The smallest absolute Gasteiger partial charge is 0.338 e. The molecule has 214 valence electrons. The maximum absolute atomic E-state index is 13.6. The van der Waals surface area contributed by atoms with E-state index in [4.69, 9.17) is 14.2 Å². The summed E-state index contributed by atoms with van der Waals surface area (Å²) in [7, 11) is 0. The summed E-state index contributed by atoms with van der Waals surface area (Å²) in [5.41, 5.74) is -5.70. The molecule has 2 saturated carbocycles. The van der Waals surface area contributed by atoms with Crippen molar-refractivity contribution in [1.29, 1.82) is 0 Å². The minimum absolute atomic E-state index is 0.0219. The summed E-state index contributed by atoms with van der Waals surface area (Å²) in [5, 5.41) is 58.8. The second-order valence-electron chi connectivity index (χ2n) is 12.4. The molecule has 0 radical (unpaired) electrons. The second kappa shape index (κ2) is 9.09. The topological polar surface area (TPSA) is 163 Å². The van der Waals surface area contributed by atoms with E-state index >= 15 is 0 Å². The molecule has 1 heterocycles. The standard InChI is InChI=1S/C29H38O10/c1-14-17(31)12-29(36)24(38-25(35)16-9-7-6-8-10-16)22-27(5,23(34)21(33)20(14)26(29,3)4)18(32)11-19-28(22,13-37-19)39-15(2)30/h6-10,17-19,21-24,31-34,36H,11-13H2,1-5H3/t17-,18-,19+,21+,22?,23+,24-,27+,28-,29+/m0/s1. The first-order chi connectivity index (χ1) is 18.1. The number of hydrogen-bond donors (Lipinski definition) is 5. The van der Waals surface area contributed by atoms with E-state index in [1.165, 1.54) is 6.92 Å². The molecule has 1 aromatic rings. The van der Waals surface area contributed by atoms with Gasteiger partial charge in [0.25, 0.3) is 0 Å². The van der Waals surface area contributed by atoms with Crippen molar-refractivity contribution in [3.8, 4) is 0 Å². The summed E-state index contributed by atoms with van der Waals surface area (Å²) < 4.78 is 17.8. The zero-order valence-corrected chi connectivity index (χ0v) is 22.8. The van der Waals surface area contributed by atoms with Gasteiger partial charge in [0, 0.05) is 30.6 Å². The fourth-order valence-electron chi connectivity index (χ4n) is 7.88. The van der Waals surface area contributed by atoms with Crippen LogP contribution in [0.15, 0.2) is 41.5 Å². The molecular weight excluding hydrogens is 508 g/mol. The highest BCUT2D eigenvalue weighted by molar-refractivity contribution is 5.89. The Balaban J connectivity index is 1.80. The van der Waals surface area contributed by atoms with Gasteiger partial charge in [-0.25, -0.2) is 4.79 Å². The molecule has 3 fully saturated rings. The molecule has 1 aliphatic heterocycles. The Morgan fingerprint density at radius 2 is 1.69 bits per heavy atom. The SMILES string of the molecule is CC(=O)O[C@@]12CO[C@@H]1C[C@H](O)[C@]1(C)C2[C@H](OC(=O)c2ccccc2)[C@]2(O)C[C@H](O)C(C)=C([C@@H](O)[C@H]1O)C2(C)C. The van der Waals surface area contributed by atoms with E-state index in [2.05, 4.69) is 0 Å². The third-order valence-electron chi connectivity index (χ3n) is 10.2. The van der Waals surface area contributed by atoms with Crippen molar-refractivity contribution >= 4 is 11.9 Å². The number of ether oxygens (including phenoxy) is 3. The van der Waals surface area contributed by atoms with Crippen molar-refractivity contribution in [2.24, 2.45) is 16.7 Å². The van der Waals surface area contributed by atoms with Crippen molar-refractivity contribution < 1.29 is 49.3 Å². The molecule has 4 aliphatic rings. The molecule has 10 heteroatoms. The van der Waals surface area contributed by atoms with Gasteiger partial charge in [-0.05, 0) is 30.2 Å². The van der Waals surface area contributed by atoms with Crippen LogP contribution in [0.1, 0.15) is 57.8 Å². The van der Waals surface area contributed by atoms with Crippen LogP contribution < -0.4 is 0 Å². The molecule has 5 N–H and O–H groups in total. The number of rotatable bonds is 3. The maximum atomic E-state index is 13.6. The second-order valence-corrected chi connectivity index (χ2v) is 12.4. The minimum Gasteiger partial charge on any atom is -0.455 e. The van der Waals surface area contributed by atoms with Gasteiger partial charge in [-0.2, -0.15) is 0 Å². The monoisotopic (exact) mass is 546 g/mol. The van der Waals surface area contributed by atoms with E-state index in [0.717, 1.165) is 0 Å². The Morgan fingerprint density at radius 1 is 1.05 bits per heavy atom. The van der Waals surface area contributed by atoms with Crippen LogP contribution in [0.4, 0.5) is 0 Å². The summed E-state index contributed by atoms with van der Waals surface area (Å²) in [6.07, 6.45) is -8.38. The summed E-state index contributed by atoms with van der Waals surface area (Å²) in [6, 6.07) is 8.16. The molecule has 2 bridgehead atoms. The number of carbonyl (C=O) groups excluding carboxylic acids is 2. The number of hydrogen-bond acceptors (Lipinski definition) is 10. The molecule has 10 nitrogen and oxygen atoms in total. The van der Waals surface area contributed by atoms with Crippen LogP contribution >= 0.6 is 0 Å². The molecule has 1 saturated heterocycles. The van der Waals surface area contributed by atoms with Gasteiger partial charge >= 0.3 is 11.9 Å². The molecule has 1 aromatic carbocycles. The minimum atomic E-state index is -2.02. The molecule has 39 heavy (non-hydrogen) atoms. The lowest BCUT2D eigenvalue weighted by atomic mass is 9.44. The zero-order valence-electron chi connectivity index (χ0n) is 22.8. The van der Waals surface area contributed by atoms with E-state index in [1.807, 2.05) is 0 Å². The number of aliphatic hydroxyl groups excluding tert-OH is 4. The van der Waals surface area contributed by atoms with Crippen molar-refractivity contribution in [3.63, 3.8) is 0 Å². The predicted molar refractivity (Wildman–Crippen MR) is 136 cm³/mol. The first-order valence-corrected chi connectivity index (χ1v) is 13.4. The van der Waals surface area contributed by atoms with Crippen LogP contribution in [0.25, 0.3) is 0 Å². The summed E-state index contributed by atoms with van der Waals surface area (Å²) >= 11 is 0. The van der Waals surface area contributed by atoms with Gasteiger partial charge in [0.05, 0.1) is 36.4 Å². The van der Waals surface area contributed by atoms with E-state index in [-0.39, 0.29) is 30.6 Å². The molecule has 1 unspecified atom stereocenters. The number of esters is 2. The van der Waals surface area contributed by atoms with Gasteiger partial charge in [0.2, 0.25) is 0 Å². The molecular formula is C29H38O10. The van der Waals surface area contributed by atoms with Crippen molar-refractivity contribution in [2.75, 3.05) is 6.61 Å². The quantitative estimate of drug-likeness (QED) is 0.272. The van der Waals surface area contributed by atoms with Gasteiger partial charge in [0.15, 0.2) is 5.60 Å². The van der Waals surface area contributed by atoms with Gasteiger partial charge in [-0.1, -0.05) is 39.0 Å². The Kier molecular flexibility index (Phi) is 6.57. The van der Waals surface area contributed by atoms with Crippen molar-refractivity contribution in [2.45, 2.75) is 95.3 Å². The van der Waals surface area contributed by atoms with Gasteiger partial charge in [-0.15, -0.1) is 0 Å². The lowest BCUT2D eigenvalue weighted by Gasteiger charge is -2.69. The lowest BCUT2D eigenvalue weighted by molar-refractivity contribution is -0.365. The average molecular weight is 547 g/mol. The number of aliphatic hydroxyl groups is 5. The highest BCUT2D eigenvalue weighted by Crippen LogP contribution is 2.64. The van der Waals surface area contributed by atoms with Crippen LogP contribution in [0.2, 0.25) is 0 Å². The zero-order chi connectivity index (χ0) is 28.7. The molecule has 0 spiro atoms. The average Bonchev–Trinajstić information content (AvgIpc) is 2.87. The van der Waals surface area contributed by atoms with Crippen molar-refractivity contribution in [1.82, 2.24) is 0 Å². The van der Waals surface area contributed by atoms with Gasteiger partial charge < -0.3 is 39.7 Å². The fourth-order valence-corrected chi connectivity index (χ4v) is 7.88. The Hall–Kier alpha value is -2.34. The third-order valence-corrected chi connectivity index (χ3v) is 10.2. The summed E-state index contributed by atoms with van der Waals surface area (Å²) in [5.74, 6) is -2.66. The van der Waals surface area contributed by atoms with Crippen LogP contribution in [0.5, 0.6) is 0 Å². The molecule has 10 atom stereocenters. The van der Waals surface area contributed by atoms with E-state index < -0.39 is 76.5 Å². The molecule has 5 rings (SSSR count). The van der Waals surface area contributed by atoms with Gasteiger partial charge in [0.1, 0.15) is 23.9 Å².